The fraction of sp³-hybridized carbons (Fsp3) is 0.350. The molecule has 0 atom stereocenters. The summed E-state index contributed by atoms with van der Waals surface area (Å²) in [4.78, 5) is 17.1. The van der Waals surface area contributed by atoms with Crippen molar-refractivity contribution < 1.29 is 9.53 Å². The monoisotopic (exact) mass is 339 g/mol. The van der Waals surface area contributed by atoms with E-state index in [9.17, 15) is 4.79 Å². The number of hydrogen-bond acceptors (Lipinski definition) is 4. The van der Waals surface area contributed by atoms with Crippen LogP contribution in [-0.4, -0.2) is 51.1 Å². The Labute approximate surface area is 149 Å². The van der Waals surface area contributed by atoms with Crippen LogP contribution in [0.5, 0.6) is 5.75 Å². The van der Waals surface area contributed by atoms with Crippen LogP contribution in [0.15, 0.2) is 48.5 Å². The molecule has 5 heteroatoms. The van der Waals surface area contributed by atoms with E-state index in [0.717, 1.165) is 48.9 Å². The van der Waals surface area contributed by atoms with E-state index < -0.39 is 0 Å². The molecule has 0 unspecified atom stereocenters. The van der Waals surface area contributed by atoms with E-state index in [1.807, 2.05) is 42.5 Å². The SMILES string of the molecule is COc1cccc(CC(=O)Nc2ccccc2N2CCN(C)CC2)c1. The zero-order valence-corrected chi connectivity index (χ0v) is 14.9. The minimum Gasteiger partial charge on any atom is -0.497 e. The van der Waals surface area contributed by atoms with Gasteiger partial charge in [-0.1, -0.05) is 24.3 Å². The van der Waals surface area contributed by atoms with Gasteiger partial charge < -0.3 is 19.9 Å². The Bertz CT molecular complexity index is 724. The third-order valence-electron chi connectivity index (χ3n) is 4.52. The molecule has 1 fully saturated rings. The van der Waals surface area contributed by atoms with Crippen LogP contribution in [0, 0.1) is 0 Å². The number of para-hydroxylation sites is 2. The number of likely N-dealkylation sites (N-methyl/N-ethyl adjacent to an activating group) is 1. The van der Waals surface area contributed by atoms with Crippen LogP contribution in [0.1, 0.15) is 5.56 Å². The summed E-state index contributed by atoms with van der Waals surface area (Å²) in [5.74, 6) is 0.748. The smallest absolute Gasteiger partial charge is 0.228 e. The second-order valence-electron chi connectivity index (χ2n) is 6.38. The van der Waals surface area contributed by atoms with Gasteiger partial charge >= 0.3 is 0 Å². The highest BCUT2D eigenvalue weighted by Gasteiger charge is 2.17. The van der Waals surface area contributed by atoms with E-state index in [-0.39, 0.29) is 5.91 Å². The van der Waals surface area contributed by atoms with Crippen molar-refractivity contribution in [1.29, 1.82) is 0 Å². The second kappa shape index (κ2) is 8.03. The molecule has 132 valence electrons. The lowest BCUT2D eigenvalue weighted by atomic mass is 10.1. The molecule has 1 aliphatic rings. The number of amides is 1. The maximum atomic E-state index is 12.5. The molecule has 2 aromatic carbocycles. The van der Waals surface area contributed by atoms with Crippen LogP contribution < -0.4 is 15.0 Å². The number of carbonyl (C=O) groups excluding carboxylic acids is 1. The molecule has 0 bridgehead atoms. The summed E-state index contributed by atoms with van der Waals surface area (Å²) in [5, 5.41) is 3.07. The third kappa shape index (κ3) is 4.51. The zero-order valence-electron chi connectivity index (χ0n) is 14.9. The predicted molar refractivity (Wildman–Crippen MR) is 101 cm³/mol. The molecule has 1 saturated heterocycles. The average Bonchev–Trinajstić information content (AvgIpc) is 2.63. The minimum atomic E-state index is -0.0187. The Balaban J connectivity index is 1.69. The molecule has 25 heavy (non-hydrogen) atoms. The molecule has 0 saturated carbocycles. The number of nitrogens with one attached hydrogen (secondary N) is 1. The van der Waals surface area contributed by atoms with Crippen molar-refractivity contribution in [1.82, 2.24) is 4.90 Å². The molecule has 5 nitrogen and oxygen atoms in total. The fourth-order valence-electron chi connectivity index (χ4n) is 3.06. The first-order valence-electron chi connectivity index (χ1n) is 8.61. The van der Waals surface area contributed by atoms with Gasteiger partial charge in [0.15, 0.2) is 0 Å². The number of rotatable bonds is 5. The van der Waals surface area contributed by atoms with Gasteiger partial charge in [-0.3, -0.25) is 4.79 Å². The molecule has 1 heterocycles. The molecule has 1 amide bonds. The van der Waals surface area contributed by atoms with Crippen molar-refractivity contribution in [3.05, 3.63) is 54.1 Å². The van der Waals surface area contributed by atoms with Crippen molar-refractivity contribution in [2.75, 3.05) is 50.6 Å². The van der Waals surface area contributed by atoms with Crippen LogP contribution in [0.3, 0.4) is 0 Å². The first kappa shape index (κ1) is 17.3. The van der Waals surface area contributed by atoms with E-state index in [1.165, 1.54) is 0 Å². The molecule has 1 N–H and O–H groups in total. The first-order chi connectivity index (χ1) is 12.2. The predicted octanol–water partition coefficient (Wildman–Crippen LogP) is 2.63. The normalized spacial score (nSPS) is 15.0. The molecule has 2 aromatic rings. The van der Waals surface area contributed by atoms with E-state index in [4.69, 9.17) is 4.74 Å². The Morgan fingerprint density at radius 1 is 1.08 bits per heavy atom. The number of ether oxygens (including phenoxy) is 1. The number of carbonyl (C=O) groups is 1. The topological polar surface area (TPSA) is 44.8 Å². The lowest BCUT2D eigenvalue weighted by Crippen LogP contribution is -2.44. The van der Waals surface area contributed by atoms with Crippen molar-refractivity contribution in [3.8, 4) is 5.75 Å². The molecule has 0 aliphatic carbocycles. The van der Waals surface area contributed by atoms with Gasteiger partial charge in [0.1, 0.15) is 5.75 Å². The van der Waals surface area contributed by atoms with Crippen molar-refractivity contribution in [2.24, 2.45) is 0 Å². The quantitative estimate of drug-likeness (QED) is 0.910. The van der Waals surface area contributed by atoms with E-state index >= 15 is 0 Å². The van der Waals surface area contributed by atoms with Gasteiger partial charge in [0.2, 0.25) is 5.91 Å². The third-order valence-corrected chi connectivity index (χ3v) is 4.52. The van der Waals surface area contributed by atoms with Gasteiger partial charge in [-0.15, -0.1) is 0 Å². The van der Waals surface area contributed by atoms with Crippen LogP contribution in [-0.2, 0) is 11.2 Å². The molecule has 0 spiro atoms. The Hall–Kier alpha value is -2.53. The number of piperazine rings is 1. The summed E-state index contributed by atoms with van der Waals surface area (Å²) in [6.07, 6.45) is 0.328. The molecule has 0 radical (unpaired) electrons. The molecule has 3 rings (SSSR count). The summed E-state index contributed by atoms with van der Waals surface area (Å²) < 4.78 is 5.22. The van der Waals surface area contributed by atoms with Crippen LogP contribution in [0.25, 0.3) is 0 Å². The highest BCUT2D eigenvalue weighted by atomic mass is 16.5. The molecule has 1 aliphatic heterocycles. The van der Waals surface area contributed by atoms with Gasteiger partial charge in [-0.2, -0.15) is 0 Å². The molecule has 0 aromatic heterocycles. The van der Waals surface area contributed by atoms with Gasteiger partial charge in [0, 0.05) is 26.2 Å². The van der Waals surface area contributed by atoms with Crippen LogP contribution in [0.4, 0.5) is 11.4 Å². The minimum absolute atomic E-state index is 0.0187. The van der Waals surface area contributed by atoms with Crippen LogP contribution in [0.2, 0.25) is 0 Å². The van der Waals surface area contributed by atoms with Crippen LogP contribution >= 0.6 is 0 Å². The largest absolute Gasteiger partial charge is 0.497 e. The molecular formula is C20H25N3O2. The lowest BCUT2D eigenvalue weighted by Gasteiger charge is -2.35. The highest BCUT2D eigenvalue weighted by Crippen LogP contribution is 2.26. The van der Waals surface area contributed by atoms with E-state index in [2.05, 4.69) is 28.2 Å². The second-order valence-corrected chi connectivity index (χ2v) is 6.38. The fourth-order valence-corrected chi connectivity index (χ4v) is 3.06. The number of benzene rings is 2. The van der Waals surface area contributed by atoms with Gasteiger partial charge in [0.05, 0.1) is 24.9 Å². The first-order valence-corrected chi connectivity index (χ1v) is 8.61. The Morgan fingerprint density at radius 3 is 2.60 bits per heavy atom. The van der Waals surface area contributed by atoms with E-state index in [1.54, 1.807) is 7.11 Å². The average molecular weight is 339 g/mol. The van der Waals surface area contributed by atoms with Crippen molar-refractivity contribution >= 4 is 17.3 Å². The number of anilines is 2. The van der Waals surface area contributed by atoms with Gasteiger partial charge in [0.25, 0.3) is 0 Å². The zero-order chi connectivity index (χ0) is 17.6. The summed E-state index contributed by atoms with van der Waals surface area (Å²) in [6.45, 7) is 4.01. The summed E-state index contributed by atoms with van der Waals surface area (Å²) >= 11 is 0. The van der Waals surface area contributed by atoms with Crippen molar-refractivity contribution in [2.45, 2.75) is 6.42 Å². The van der Waals surface area contributed by atoms with E-state index in [0.29, 0.717) is 6.42 Å². The Kier molecular flexibility index (Phi) is 5.56. The maximum Gasteiger partial charge on any atom is 0.228 e. The number of hydrogen-bond donors (Lipinski definition) is 1. The van der Waals surface area contributed by atoms with Gasteiger partial charge in [-0.05, 0) is 36.9 Å². The summed E-state index contributed by atoms with van der Waals surface area (Å²) in [5.41, 5.74) is 2.91. The summed E-state index contributed by atoms with van der Waals surface area (Å²) in [6, 6.07) is 15.6. The lowest BCUT2D eigenvalue weighted by molar-refractivity contribution is -0.115. The van der Waals surface area contributed by atoms with Crippen molar-refractivity contribution in [3.63, 3.8) is 0 Å². The maximum absolute atomic E-state index is 12.5. The Morgan fingerprint density at radius 2 is 1.84 bits per heavy atom. The standard InChI is InChI=1S/C20H25N3O2/c1-22-10-12-23(13-11-22)19-9-4-3-8-18(19)21-20(24)15-16-6-5-7-17(14-16)25-2/h3-9,14H,10-13,15H2,1-2H3,(H,21,24). The summed E-state index contributed by atoms with van der Waals surface area (Å²) in [7, 11) is 3.77. The van der Waals surface area contributed by atoms with Gasteiger partial charge in [-0.25, -0.2) is 0 Å². The number of nitrogens with zero attached hydrogens (tertiary/aromatic N) is 2. The number of methoxy groups -OCH3 is 1. The highest BCUT2D eigenvalue weighted by molar-refractivity contribution is 5.95. The molecular weight excluding hydrogens is 314 g/mol.